The zero-order chi connectivity index (χ0) is 17.6. The number of hydrogen-bond donors (Lipinski definition) is 0. The number of carbonyl (C=O) groups excluding carboxylic acids is 1. The quantitative estimate of drug-likeness (QED) is 0.619. The summed E-state index contributed by atoms with van der Waals surface area (Å²) in [6, 6.07) is 6.28. The van der Waals surface area contributed by atoms with Gasteiger partial charge in [0.05, 0.1) is 12.5 Å². The summed E-state index contributed by atoms with van der Waals surface area (Å²) in [6.07, 6.45) is 2.60. The van der Waals surface area contributed by atoms with E-state index >= 15 is 0 Å². The Kier molecular flexibility index (Phi) is 3.98. The number of esters is 1. The number of nitrogens with zero attached hydrogens (tertiary/aromatic N) is 1. The summed E-state index contributed by atoms with van der Waals surface area (Å²) in [7, 11) is 5.67. The first-order valence-electron chi connectivity index (χ1n) is 8.40. The predicted molar refractivity (Wildman–Crippen MR) is 90.4 cm³/mol. The fourth-order valence-corrected chi connectivity index (χ4v) is 3.76. The maximum absolute atomic E-state index is 13.7. The SMILES string of the molecule is [B]c1ccc(F)c(COc2cc3c(cn2)[C@H]2[C@@H](C3)[C@@H]2C(=O)OCC)c1. The van der Waals surface area contributed by atoms with Gasteiger partial charge < -0.3 is 9.47 Å². The lowest BCUT2D eigenvalue weighted by molar-refractivity contribution is -0.145. The fourth-order valence-electron chi connectivity index (χ4n) is 3.76. The Hall–Kier alpha value is -2.37. The molecule has 2 aliphatic carbocycles. The fraction of sp³-hybridized carbons (Fsp3) is 0.368. The van der Waals surface area contributed by atoms with Gasteiger partial charge in [0.1, 0.15) is 20.3 Å². The zero-order valence-electron chi connectivity index (χ0n) is 13.9. The Morgan fingerprint density at radius 2 is 2.24 bits per heavy atom. The van der Waals surface area contributed by atoms with Gasteiger partial charge in [-0.15, -0.1) is 0 Å². The third-order valence-electron chi connectivity index (χ3n) is 4.99. The van der Waals surface area contributed by atoms with Crippen molar-refractivity contribution in [3.8, 4) is 5.88 Å². The van der Waals surface area contributed by atoms with Crippen molar-refractivity contribution in [1.82, 2.24) is 4.98 Å². The van der Waals surface area contributed by atoms with Crippen LogP contribution in [0.25, 0.3) is 0 Å². The van der Waals surface area contributed by atoms with E-state index in [9.17, 15) is 9.18 Å². The van der Waals surface area contributed by atoms with Crippen molar-refractivity contribution in [2.45, 2.75) is 25.9 Å². The average Bonchev–Trinajstić information content (AvgIpc) is 3.18. The highest BCUT2D eigenvalue weighted by Gasteiger charge is 2.60. The van der Waals surface area contributed by atoms with Crippen molar-refractivity contribution < 1.29 is 18.7 Å². The second-order valence-electron chi connectivity index (χ2n) is 6.53. The van der Waals surface area contributed by atoms with Crippen LogP contribution in [0.4, 0.5) is 4.39 Å². The highest BCUT2D eigenvalue weighted by atomic mass is 19.1. The third kappa shape index (κ3) is 2.90. The summed E-state index contributed by atoms with van der Waals surface area (Å²) in [4.78, 5) is 16.2. The van der Waals surface area contributed by atoms with E-state index in [-0.39, 0.29) is 30.2 Å². The molecular weight excluding hydrogens is 320 g/mol. The number of aromatic nitrogens is 1. The molecule has 0 unspecified atom stereocenters. The van der Waals surface area contributed by atoms with Gasteiger partial charge in [-0.3, -0.25) is 4.79 Å². The highest BCUT2D eigenvalue weighted by molar-refractivity contribution is 6.32. The standard InChI is InChI=1S/C19H17BFNO3/c1-2-24-19(23)18-13-6-10-7-16(22-8-14(10)17(13)18)25-9-11-5-12(20)3-4-15(11)21/h3-5,7-8,13,17-18H,2,6,9H2,1H3/t13-,17-,18+/m1/s1. The van der Waals surface area contributed by atoms with Crippen molar-refractivity contribution in [2.24, 2.45) is 11.8 Å². The first-order valence-corrected chi connectivity index (χ1v) is 8.40. The molecule has 3 atom stereocenters. The number of carbonyl (C=O) groups is 1. The summed E-state index contributed by atoms with van der Waals surface area (Å²) in [5, 5.41) is 0. The van der Waals surface area contributed by atoms with Crippen LogP contribution in [0.3, 0.4) is 0 Å². The lowest BCUT2D eigenvalue weighted by Gasteiger charge is -2.11. The molecule has 2 radical (unpaired) electrons. The summed E-state index contributed by atoms with van der Waals surface area (Å²) in [6.45, 7) is 2.30. The van der Waals surface area contributed by atoms with Crippen LogP contribution in [0.1, 0.15) is 29.5 Å². The molecule has 4 rings (SSSR count). The average molecular weight is 337 g/mol. The van der Waals surface area contributed by atoms with Gasteiger partial charge >= 0.3 is 5.97 Å². The zero-order valence-corrected chi connectivity index (χ0v) is 13.9. The Bertz CT molecular complexity index is 841. The number of pyridine rings is 1. The van der Waals surface area contributed by atoms with E-state index in [1.54, 1.807) is 12.3 Å². The smallest absolute Gasteiger partial charge is 0.309 e. The second-order valence-corrected chi connectivity index (χ2v) is 6.53. The molecule has 1 heterocycles. The Morgan fingerprint density at radius 1 is 1.40 bits per heavy atom. The molecule has 1 aromatic carbocycles. The van der Waals surface area contributed by atoms with Crippen LogP contribution in [-0.2, 0) is 22.6 Å². The number of halogens is 1. The molecule has 0 aliphatic heterocycles. The van der Waals surface area contributed by atoms with E-state index in [1.165, 1.54) is 12.1 Å². The van der Waals surface area contributed by atoms with Gasteiger partial charge in [0.2, 0.25) is 5.88 Å². The van der Waals surface area contributed by atoms with Gasteiger partial charge in [-0.25, -0.2) is 9.37 Å². The molecule has 1 fully saturated rings. The molecule has 126 valence electrons. The minimum atomic E-state index is -0.353. The lowest BCUT2D eigenvalue weighted by Crippen LogP contribution is -2.11. The van der Waals surface area contributed by atoms with E-state index < -0.39 is 0 Å². The number of benzene rings is 1. The minimum absolute atomic E-state index is 0.0255. The molecule has 1 saturated carbocycles. The molecule has 0 amide bonds. The molecule has 6 heteroatoms. The first kappa shape index (κ1) is 16.1. The molecule has 0 N–H and O–H groups in total. The summed E-state index contributed by atoms with van der Waals surface area (Å²) < 4.78 is 24.5. The van der Waals surface area contributed by atoms with Gasteiger partial charge in [-0.05, 0) is 36.5 Å². The molecule has 25 heavy (non-hydrogen) atoms. The minimum Gasteiger partial charge on any atom is -0.473 e. The normalized spacial score (nSPS) is 22.9. The maximum Gasteiger partial charge on any atom is 0.309 e. The van der Waals surface area contributed by atoms with E-state index in [0.717, 1.165) is 17.5 Å². The molecule has 0 bridgehead atoms. The molecule has 0 saturated heterocycles. The maximum atomic E-state index is 13.7. The van der Waals surface area contributed by atoms with Crippen molar-refractivity contribution >= 4 is 19.3 Å². The van der Waals surface area contributed by atoms with Gasteiger partial charge in [0, 0.05) is 23.7 Å². The van der Waals surface area contributed by atoms with Crippen LogP contribution < -0.4 is 10.2 Å². The van der Waals surface area contributed by atoms with Crippen LogP contribution in [0.5, 0.6) is 5.88 Å². The molecule has 4 nitrogen and oxygen atoms in total. The van der Waals surface area contributed by atoms with Crippen LogP contribution in [0, 0.1) is 17.7 Å². The Morgan fingerprint density at radius 3 is 3.04 bits per heavy atom. The highest BCUT2D eigenvalue weighted by Crippen LogP contribution is 2.61. The molecule has 2 aliphatic rings. The first-order chi connectivity index (χ1) is 12.1. The van der Waals surface area contributed by atoms with E-state index in [0.29, 0.717) is 29.4 Å². The number of ether oxygens (including phenoxy) is 2. The topological polar surface area (TPSA) is 48.4 Å². The van der Waals surface area contributed by atoms with E-state index in [1.807, 2.05) is 13.0 Å². The monoisotopic (exact) mass is 337 g/mol. The molecule has 2 aromatic rings. The van der Waals surface area contributed by atoms with Crippen LogP contribution in [-0.4, -0.2) is 25.4 Å². The Balaban J connectivity index is 1.44. The predicted octanol–water partition coefficient (Wildman–Crippen LogP) is 2.04. The molecule has 1 aromatic heterocycles. The van der Waals surface area contributed by atoms with Gasteiger partial charge in [-0.1, -0.05) is 17.6 Å². The van der Waals surface area contributed by atoms with Crippen LogP contribution in [0.2, 0.25) is 0 Å². The van der Waals surface area contributed by atoms with E-state index in [2.05, 4.69) is 4.98 Å². The number of hydrogen-bond acceptors (Lipinski definition) is 4. The Labute approximate surface area is 146 Å². The molecule has 0 spiro atoms. The van der Waals surface area contributed by atoms with Gasteiger partial charge in [-0.2, -0.15) is 0 Å². The third-order valence-corrected chi connectivity index (χ3v) is 4.99. The van der Waals surface area contributed by atoms with Gasteiger partial charge in [0.25, 0.3) is 0 Å². The summed E-state index contributed by atoms with van der Waals surface area (Å²) >= 11 is 0. The second kappa shape index (κ2) is 6.17. The summed E-state index contributed by atoms with van der Waals surface area (Å²) in [5.74, 6) is 0.505. The largest absolute Gasteiger partial charge is 0.473 e. The number of fused-ring (bicyclic) bond motifs is 3. The van der Waals surface area contributed by atoms with Crippen molar-refractivity contribution in [2.75, 3.05) is 6.61 Å². The lowest BCUT2D eigenvalue weighted by atomic mass is 9.94. The van der Waals surface area contributed by atoms with Crippen LogP contribution >= 0.6 is 0 Å². The summed E-state index contributed by atoms with van der Waals surface area (Å²) in [5.41, 5.74) is 3.14. The van der Waals surface area contributed by atoms with E-state index in [4.69, 9.17) is 17.3 Å². The number of rotatable bonds is 5. The van der Waals surface area contributed by atoms with Crippen LogP contribution in [0.15, 0.2) is 30.5 Å². The van der Waals surface area contributed by atoms with Crippen molar-refractivity contribution in [1.29, 1.82) is 0 Å². The molecular formula is C19H17BFNO3. The van der Waals surface area contributed by atoms with Crippen molar-refractivity contribution in [3.63, 3.8) is 0 Å². The van der Waals surface area contributed by atoms with Crippen molar-refractivity contribution in [3.05, 3.63) is 53.0 Å². The van der Waals surface area contributed by atoms with Gasteiger partial charge in [0.15, 0.2) is 0 Å².